The SMILES string of the molecule is COc1ccc(Br)cc1CCC(=O)N1CC[C@@H](N)C[C@H]1C. The molecule has 0 unspecified atom stereocenters. The Hall–Kier alpha value is -1.07. The Balaban J connectivity index is 1.96. The van der Waals surface area contributed by atoms with E-state index in [0.717, 1.165) is 35.2 Å². The van der Waals surface area contributed by atoms with Gasteiger partial charge in [0, 0.05) is 29.5 Å². The predicted molar refractivity (Wildman–Crippen MR) is 87.4 cm³/mol. The van der Waals surface area contributed by atoms with Crippen LogP contribution in [0.1, 0.15) is 31.7 Å². The molecule has 1 fully saturated rings. The van der Waals surface area contributed by atoms with Crippen LogP contribution in [-0.4, -0.2) is 36.5 Å². The Morgan fingerprint density at radius 3 is 2.95 bits per heavy atom. The van der Waals surface area contributed by atoms with E-state index in [-0.39, 0.29) is 18.0 Å². The number of likely N-dealkylation sites (tertiary alicyclic amines) is 1. The third kappa shape index (κ3) is 4.20. The van der Waals surface area contributed by atoms with Crippen LogP contribution in [0, 0.1) is 0 Å². The first-order valence-electron chi connectivity index (χ1n) is 7.38. The number of nitrogens with two attached hydrogens (primary N) is 1. The van der Waals surface area contributed by atoms with Crippen LogP contribution in [0.25, 0.3) is 0 Å². The molecule has 1 aromatic rings. The molecule has 5 heteroatoms. The molecule has 1 aromatic carbocycles. The summed E-state index contributed by atoms with van der Waals surface area (Å²) < 4.78 is 6.35. The van der Waals surface area contributed by atoms with E-state index in [0.29, 0.717) is 12.8 Å². The maximum Gasteiger partial charge on any atom is 0.223 e. The minimum atomic E-state index is 0.205. The smallest absolute Gasteiger partial charge is 0.223 e. The van der Waals surface area contributed by atoms with Crippen molar-refractivity contribution in [2.75, 3.05) is 13.7 Å². The second-order valence-electron chi connectivity index (χ2n) is 5.68. The molecule has 1 aliphatic heterocycles. The zero-order chi connectivity index (χ0) is 15.4. The fourth-order valence-corrected chi connectivity index (χ4v) is 3.32. The van der Waals surface area contributed by atoms with Crippen LogP contribution >= 0.6 is 15.9 Å². The summed E-state index contributed by atoms with van der Waals surface area (Å²) in [5.41, 5.74) is 7.00. The van der Waals surface area contributed by atoms with Crippen molar-refractivity contribution in [1.29, 1.82) is 0 Å². The van der Waals surface area contributed by atoms with Crippen molar-refractivity contribution in [3.63, 3.8) is 0 Å². The molecule has 0 radical (unpaired) electrons. The molecule has 0 aliphatic carbocycles. The zero-order valence-corrected chi connectivity index (χ0v) is 14.2. The number of halogens is 1. The highest BCUT2D eigenvalue weighted by atomic mass is 79.9. The minimum absolute atomic E-state index is 0.205. The number of hydrogen-bond donors (Lipinski definition) is 1. The van der Waals surface area contributed by atoms with Crippen LogP contribution < -0.4 is 10.5 Å². The second kappa shape index (κ2) is 7.27. The topological polar surface area (TPSA) is 55.6 Å². The van der Waals surface area contributed by atoms with Crippen molar-refractivity contribution < 1.29 is 9.53 Å². The number of amides is 1. The van der Waals surface area contributed by atoms with Crippen molar-refractivity contribution in [2.24, 2.45) is 5.73 Å². The molecule has 1 saturated heterocycles. The van der Waals surface area contributed by atoms with Crippen molar-refractivity contribution in [1.82, 2.24) is 4.90 Å². The Labute approximate surface area is 134 Å². The molecule has 0 spiro atoms. The molecule has 2 N–H and O–H groups in total. The lowest BCUT2D eigenvalue weighted by atomic mass is 9.98. The van der Waals surface area contributed by atoms with Gasteiger partial charge in [-0.25, -0.2) is 0 Å². The van der Waals surface area contributed by atoms with Crippen molar-refractivity contribution in [3.05, 3.63) is 28.2 Å². The Bertz CT molecular complexity index is 507. The van der Waals surface area contributed by atoms with E-state index in [4.69, 9.17) is 10.5 Å². The fourth-order valence-electron chi connectivity index (χ4n) is 2.91. The number of carbonyl (C=O) groups excluding carboxylic acids is 1. The van der Waals surface area contributed by atoms with E-state index >= 15 is 0 Å². The predicted octanol–water partition coefficient (Wildman–Crippen LogP) is 2.73. The van der Waals surface area contributed by atoms with E-state index < -0.39 is 0 Å². The monoisotopic (exact) mass is 354 g/mol. The molecule has 21 heavy (non-hydrogen) atoms. The molecule has 1 heterocycles. The second-order valence-corrected chi connectivity index (χ2v) is 6.59. The van der Waals surface area contributed by atoms with Crippen LogP contribution in [0.2, 0.25) is 0 Å². The van der Waals surface area contributed by atoms with Crippen molar-refractivity contribution >= 4 is 21.8 Å². The third-order valence-corrected chi connectivity index (χ3v) is 4.58. The summed E-state index contributed by atoms with van der Waals surface area (Å²) in [4.78, 5) is 14.4. The molecule has 2 rings (SSSR count). The highest BCUT2D eigenvalue weighted by Gasteiger charge is 2.26. The van der Waals surface area contributed by atoms with Gasteiger partial charge in [0.25, 0.3) is 0 Å². The van der Waals surface area contributed by atoms with Gasteiger partial charge in [0.15, 0.2) is 0 Å². The number of carbonyl (C=O) groups is 1. The first-order chi connectivity index (χ1) is 10.0. The normalized spacial score (nSPS) is 22.2. The molecule has 116 valence electrons. The summed E-state index contributed by atoms with van der Waals surface area (Å²) in [7, 11) is 1.66. The lowest BCUT2D eigenvalue weighted by Gasteiger charge is -2.36. The Morgan fingerprint density at radius 1 is 1.52 bits per heavy atom. The highest BCUT2D eigenvalue weighted by molar-refractivity contribution is 9.10. The van der Waals surface area contributed by atoms with Crippen molar-refractivity contribution in [2.45, 2.75) is 44.7 Å². The molecule has 1 aliphatic rings. The Kier molecular flexibility index (Phi) is 5.65. The van der Waals surface area contributed by atoms with Crippen LogP contribution in [0.5, 0.6) is 5.75 Å². The molecule has 4 nitrogen and oxygen atoms in total. The largest absolute Gasteiger partial charge is 0.496 e. The van der Waals surface area contributed by atoms with E-state index in [1.165, 1.54) is 0 Å². The minimum Gasteiger partial charge on any atom is -0.496 e. The number of aryl methyl sites for hydroxylation is 1. The van der Waals surface area contributed by atoms with Crippen LogP contribution in [0.3, 0.4) is 0 Å². The number of piperidine rings is 1. The zero-order valence-electron chi connectivity index (χ0n) is 12.6. The number of nitrogens with zero attached hydrogens (tertiary/aromatic N) is 1. The lowest BCUT2D eigenvalue weighted by molar-refractivity contribution is -0.134. The summed E-state index contributed by atoms with van der Waals surface area (Å²) in [5.74, 6) is 1.04. The first-order valence-corrected chi connectivity index (χ1v) is 8.18. The summed E-state index contributed by atoms with van der Waals surface area (Å²) >= 11 is 3.46. The average Bonchev–Trinajstić information content (AvgIpc) is 2.45. The highest BCUT2D eigenvalue weighted by Crippen LogP contribution is 2.25. The number of methoxy groups -OCH3 is 1. The number of rotatable bonds is 4. The summed E-state index contributed by atoms with van der Waals surface area (Å²) in [5, 5.41) is 0. The van der Waals surface area contributed by atoms with Gasteiger partial charge in [0.05, 0.1) is 7.11 Å². The maximum atomic E-state index is 12.4. The van der Waals surface area contributed by atoms with E-state index in [1.54, 1.807) is 7.11 Å². The van der Waals surface area contributed by atoms with Crippen molar-refractivity contribution in [3.8, 4) is 5.75 Å². The number of benzene rings is 1. The van der Waals surface area contributed by atoms with Crippen LogP contribution in [0.15, 0.2) is 22.7 Å². The summed E-state index contributed by atoms with van der Waals surface area (Å²) in [6.07, 6.45) is 2.99. The van der Waals surface area contributed by atoms with Gasteiger partial charge >= 0.3 is 0 Å². The quantitative estimate of drug-likeness (QED) is 0.904. The van der Waals surface area contributed by atoms with Gasteiger partial charge in [-0.1, -0.05) is 15.9 Å². The molecule has 2 atom stereocenters. The molecule has 0 aromatic heterocycles. The molecule has 0 bridgehead atoms. The van der Waals surface area contributed by atoms with Gasteiger partial charge in [0.1, 0.15) is 5.75 Å². The molecule has 0 saturated carbocycles. The van der Waals surface area contributed by atoms with Gasteiger partial charge in [-0.05, 0) is 49.9 Å². The number of ether oxygens (including phenoxy) is 1. The fraction of sp³-hybridized carbons (Fsp3) is 0.562. The van der Waals surface area contributed by atoms with E-state index in [2.05, 4.69) is 22.9 Å². The third-order valence-electron chi connectivity index (χ3n) is 4.09. The maximum absolute atomic E-state index is 12.4. The number of hydrogen-bond acceptors (Lipinski definition) is 3. The lowest BCUT2D eigenvalue weighted by Crippen LogP contribution is -2.48. The van der Waals surface area contributed by atoms with E-state index in [9.17, 15) is 4.79 Å². The van der Waals surface area contributed by atoms with Crippen LogP contribution in [0.4, 0.5) is 0 Å². The van der Waals surface area contributed by atoms with Gasteiger partial charge in [-0.2, -0.15) is 0 Å². The summed E-state index contributed by atoms with van der Waals surface area (Å²) in [6, 6.07) is 6.35. The van der Waals surface area contributed by atoms with Crippen LogP contribution in [-0.2, 0) is 11.2 Å². The van der Waals surface area contributed by atoms with Gasteiger partial charge in [-0.15, -0.1) is 0 Å². The molecule has 1 amide bonds. The standard InChI is InChI=1S/C16H23BrN2O2/c1-11-9-14(18)7-8-19(11)16(20)6-3-12-10-13(17)4-5-15(12)21-2/h4-5,10-11,14H,3,6-9,18H2,1-2H3/t11-,14-/m1/s1. The summed E-state index contributed by atoms with van der Waals surface area (Å²) in [6.45, 7) is 2.85. The van der Waals surface area contributed by atoms with E-state index in [1.807, 2.05) is 23.1 Å². The van der Waals surface area contributed by atoms with Gasteiger partial charge in [-0.3, -0.25) is 4.79 Å². The molecular weight excluding hydrogens is 332 g/mol. The van der Waals surface area contributed by atoms with Gasteiger partial charge in [0.2, 0.25) is 5.91 Å². The Morgan fingerprint density at radius 2 is 2.29 bits per heavy atom. The molecular formula is C16H23BrN2O2. The average molecular weight is 355 g/mol. The van der Waals surface area contributed by atoms with Gasteiger partial charge < -0.3 is 15.4 Å². The first kappa shape index (κ1) is 16.3.